The van der Waals surface area contributed by atoms with Crippen molar-refractivity contribution >= 4 is 23.1 Å². The van der Waals surface area contributed by atoms with Crippen molar-refractivity contribution in [1.29, 1.82) is 0 Å². The van der Waals surface area contributed by atoms with Crippen LogP contribution in [0.1, 0.15) is 29.5 Å². The van der Waals surface area contributed by atoms with Gasteiger partial charge < -0.3 is 4.42 Å². The molecule has 0 radical (unpaired) electrons. The summed E-state index contributed by atoms with van der Waals surface area (Å²) in [7, 11) is 0. The van der Waals surface area contributed by atoms with Crippen LogP contribution >= 0.6 is 11.6 Å². The van der Waals surface area contributed by atoms with Gasteiger partial charge in [-0.15, -0.1) is 0 Å². The van der Waals surface area contributed by atoms with Crippen LogP contribution in [-0.2, 0) is 0 Å². The van der Waals surface area contributed by atoms with Gasteiger partial charge in [-0.05, 0) is 42.3 Å². The highest BCUT2D eigenvalue weighted by Gasteiger charge is 2.30. The van der Waals surface area contributed by atoms with Crippen LogP contribution in [-0.4, -0.2) is 15.5 Å². The second kappa shape index (κ2) is 6.80. The molecule has 3 heterocycles. The standard InChI is InChI=1S/C23H18ClN3O/c1-15-22(17-9-11-18(24)12-10-17)23-25-19(21-8-5-13-28-21)14-20(27(23)26-15)16-6-3-2-4-7-16/h2-13,20H,14H2,1H3/t20-/m0/s1. The van der Waals surface area contributed by atoms with E-state index in [1.165, 1.54) is 5.56 Å². The predicted molar refractivity (Wildman–Crippen MR) is 112 cm³/mol. The molecule has 0 amide bonds. The number of furan rings is 1. The Balaban J connectivity index is 1.72. The maximum absolute atomic E-state index is 6.09. The molecular formula is C23H18ClN3O. The molecule has 4 aromatic rings. The highest BCUT2D eigenvalue weighted by molar-refractivity contribution is 6.30. The molecule has 0 aliphatic carbocycles. The fourth-order valence-corrected chi connectivity index (χ4v) is 3.92. The SMILES string of the molecule is Cc1nn2c(c1-c1ccc(Cl)cc1)N=C(c1ccco1)C[C@H]2c1ccccc1. The summed E-state index contributed by atoms with van der Waals surface area (Å²) in [4.78, 5) is 4.97. The van der Waals surface area contributed by atoms with E-state index in [1.54, 1.807) is 6.26 Å². The van der Waals surface area contributed by atoms with Crippen LogP contribution in [0.5, 0.6) is 0 Å². The van der Waals surface area contributed by atoms with E-state index >= 15 is 0 Å². The summed E-state index contributed by atoms with van der Waals surface area (Å²) in [6.45, 7) is 2.03. The zero-order valence-electron chi connectivity index (χ0n) is 15.3. The lowest BCUT2D eigenvalue weighted by atomic mass is 9.97. The zero-order chi connectivity index (χ0) is 19.1. The van der Waals surface area contributed by atoms with Crippen molar-refractivity contribution < 1.29 is 4.42 Å². The maximum atomic E-state index is 6.09. The number of halogens is 1. The van der Waals surface area contributed by atoms with Crippen molar-refractivity contribution in [2.75, 3.05) is 0 Å². The first kappa shape index (κ1) is 17.0. The second-order valence-electron chi connectivity index (χ2n) is 6.90. The zero-order valence-corrected chi connectivity index (χ0v) is 16.1. The summed E-state index contributed by atoms with van der Waals surface area (Å²) in [6.07, 6.45) is 2.42. The molecule has 4 nitrogen and oxygen atoms in total. The lowest BCUT2D eigenvalue weighted by Gasteiger charge is -2.24. The van der Waals surface area contributed by atoms with Crippen LogP contribution in [0, 0.1) is 6.92 Å². The Morgan fingerprint density at radius 2 is 1.79 bits per heavy atom. The first-order valence-corrected chi connectivity index (χ1v) is 9.60. The van der Waals surface area contributed by atoms with Gasteiger partial charge in [-0.25, -0.2) is 9.67 Å². The number of fused-ring (bicyclic) bond motifs is 1. The van der Waals surface area contributed by atoms with Gasteiger partial charge in [0.2, 0.25) is 0 Å². The number of nitrogens with zero attached hydrogens (tertiary/aromatic N) is 3. The minimum atomic E-state index is 0.0635. The number of hydrogen-bond acceptors (Lipinski definition) is 3. The molecule has 2 aromatic carbocycles. The van der Waals surface area contributed by atoms with Gasteiger partial charge in [-0.2, -0.15) is 5.10 Å². The highest BCUT2D eigenvalue weighted by atomic mass is 35.5. The highest BCUT2D eigenvalue weighted by Crippen LogP contribution is 2.41. The Kier molecular flexibility index (Phi) is 4.14. The van der Waals surface area contributed by atoms with Gasteiger partial charge in [0.05, 0.1) is 23.7 Å². The summed E-state index contributed by atoms with van der Waals surface area (Å²) >= 11 is 6.09. The number of aryl methyl sites for hydroxylation is 1. The van der Waals surface area contributed by atoms with Crippen molar-refractivity contribution in [1.82, 2.24) is 9.78 Å². The van der Waals surface area contributed by atoms with Gasteiger partial charge in [0.1, 0.15) is 5.76 Å². The van der Waals surface area contributed by atoms with E-state index in [-0.39, 0.29) is 6.04 Å². The molecule has 138 valence electrons. The smallest absolute Gasteiger partial charge is 0.159 e. The molecule has 0 unspecified atom stereocenters. The molecule has 2 aromatic heterocycles. The van der Waals surface area contributed by atoms with Gasteiger partial charge in [0.15, 0.2) is 5.82 Å². The Morgan fingerprint density at radius 3 is 2.50 bits per heavy atom. The largest absolute Gasteiger partial charge is 0.463 e. The third-order valence-electron chi connectivity index (χ3n) is 5.11. The van der Waals surface area contributed by atoms with Gasteiger partial charge in [-0.3, -0.25) is 0 Å². The van der Waals surface area contributed by atoms with Crippen molar-refractivity contribution in [3.63, 3.8) is 0 Å². The molecule has 1 aliphatic heterocycles. The summed E-state index contributed by atoms with van der Waals surface area (Å²) in [5.41, 5.74) is 5.16. The molecule has 0 spiro atoms. The maximum Gasteiger partial charge on any atom is 0.159 e. The van der Waals surface area contributed by atoms with Crippen molar-refractivity contribution in [3.8, 4) is 11.1 Å². The Bertz CT molecular complexity index is 1140. The first-order chi connectivity index (χ1) is 13.7. The Morgan fingerprint density at radius 1 is 1.00 bits per heavy atom. The first-order valence-electron chi connectivity index (χ1n) is 9.22. The third-order valence-corrected chi connectivity index (χ3v) is 5.36. The number of rotatable bonds is 3. The lowest BCUT2D eigenvalue weighted by molar-refractivity contribution is 0.513. The predicted octanol–water partition coefficient (Wildman–Crippen LogP) is 6.22. The summed E-state index contributed by atoms with van der Waals surface area (Å²) < 4.78 is 7.71. The Labute approximate surface area is 168 Å². The number of aliphatic imine (C=N–C) groups is 1. The average molecular weight is 388 g/mol. The molecule has 0 fully saturated rings. The van der Waals surface area contributed by atoms with Gasteiger partial charge >= 0.3 is 0 Å². The van der Waals surface area contributed by atoms with E-state index in [2.05, 4.69) is 24.3 Å². The van der Waals surface area contributed by atoms with Crippen LogP contribution in [0.25, 0.3) is 11.1 Å². The fraction of sp³-hybridized carbons (Fsp3) is 0.130. The topological polar surface area (TPSA) is 43.3 Å². The molecule has 5 heteroatoms. The van der Waals surface area contributed by atoms with E-state index in [4.69, 9.17) is 26.1 Å². The van der Waals surface area contributed by atoms with E-state index in [1.807, 2.05) is 54.1 Å². The number of aromatic nitrogens is 2. The molecular weight excluding hydrogens is 370 g/mol. The van der Waals surface area contributed by atoms with Gasteiger partial charge in [-0.1, -0.05) is 54.1 Å². The average Bonchev–Trinajstić information content (AvgIpc) is 3.36. The number of benzene rings is 2. The van der Waals surface area contributed by atoms with Crippen molar-refractivity contribution in [3.05, 3.63) is 95.0 Å². The summed E-state index contributed by atoms with van der Waals surface area (Å²) in [6, 6.07) is 22.2. The summed E-state index contributed by atoms with van der Waals surface area (Å²) in [5, 5.41) is 5.58. The van der Waals surface area contributed by atoms with E-state index in [0.717, 1.165) is 40.5 Å². The van der Waals surface area contributed by atoms with E-state index in [9.17, 15) is 0 Å². The third kappa shape index (κ3) is 2.86. The molecule has 0 saturated carbocycles. The fourth-order valence-electron chi connectivity index (χ4n) is 3.79. The molecule has 5 rings (SSSR count). The second-order valence-corrected chi connectivity index (χ2v) is 7.34. The molecule has 28 heavy (non-hydrogen) atoms. The van der Waals surface area contributed by atoms with E-state index in [0.29, 0.717) is 5.02 Å². The van der Waals surface area contributed by atoms with E-state index < -0.39 is 0 Å². The Hall–Kier alpha value is -3.11. The monoisotopic (exact) mass is 387 g/mol. The normalized spacial score (nSPS) is 15.9. The van der Waals surface area contributed by atoms with Crippen LogP contribution < -0.4 is 0 Å². The van der Waals surface area contributed by atoms with Crippen molar-refractivity contribution in [2.45, 2.75) is 19.4 Å². The molecule has 0 saturated heterocycles. The number of hydrogen-bond donors (Lipinski definition) is 0. The summed E-state index contributed by atoms with van der Waals surface area (Å²) in [5.74, 6) is 1.65. The van der Waals surface area contributed by atoms with Crippen LogP contribution in [0.4, 0.5) is 5.82 Å². The van der Waals surface area contributed by atoms with Crippen LogP contribution in [0.15, 0.2) is 82.4 Å². The minimum absolute atomic E-state index is 0.0635. The van der Waals surface area contributed by atoms with Gasteiger partial charge in [0.25, 0.3) is 0 Å². The molecule has 0 bridgehead atoms. The quantitative estimate of drug-likeness (QED) is 0.419. The molecule has 0 N–H and O–H groups in total. The van der Waals surface area contributed by atoms with Gasteiger partial charge in [0, 0.05) is 17.0 Å². The van der Waals surface area contributed by atoms with Crippen LogP contribution in [0.2, 0.25) is 5.02 Å². The molecule has 1 aliphatic rings. The lowest BCUT2D eigenvalue weighted by Crippen LogP contribution is -2.21. The van der Waals surface area contributed by atoms with Crippen molar-refractivity contribution in [2.24, 2.45) is 4.99 Å². The minimum Gasteiger partial charge on any atom is -0.463 e. The molecule has 1 atom stereocenters. The van der Waals surface area contributed by atoms with Crippen LogP contribution in [0.3, 0.4) is 0 Å².